The van der Waals surface area contributed by atoms with Crippen LogP contribution in [-0.4, -0.2) is 17.4 Å². The van der Waals surface area contributed by atoms with Gasteiger partial charge in [0.2, 0.25) is 0 Å². The summed E-state index contributed by atoms with van der Waals surface area (Å²) < 4.78 is 0. The van der Waals surface area contributed by atoms with Crippen molar-refractivity contribution < 1.29 is 14.7 Å². The lowest BCUT2D eigenvalue weighted by Crippen LogP contribution is -2.11. The van der Waals surface area contributed by atoms with Crippen molar-refractivity contribution in [2.24, 2.45) is 0 Å². The molecule has 1 aromatic carbocycles. The number of hydrogen-bond acceptors (Lipinski definition) is 2. The molecule has 0 bridgehead atoms. The summed E-state index contributed by atoms with van der Waals surface area (Å²) in [6.45, 7) is 4.00. The molecule has 0 amide bonds. The van der Waals surface area contributed by atoms with Crippen molar-refractivity contribution in [2.75, 3.05) is 0 Å². The van der Waals surface area contributed by atoms with E-state index >= 15 is 0 Å². The molecule has 0 saturated carbocycles. The first-order valence-electron chi connectivity index (χ1n) is 4.97. The van der Waals surface area contributed by atoms with Gasteiger partial charge in [0.05, 0.1) is 5.92 Å². The Kier molecular flexibility index (Phi) is 6.89. The van der Waals surface area contributed by atoms with Crippen LogP contribution in [0.1, 0.15) is 31.7 Å². The molecule has 1 atom stereocenters. The molecule has 1 rings (SSSR count). The predicted molar refractivity (Wildman–Crippen MR) is 58.8 cm³/mol. The highest BCUT2D eigenvalue weighted by Gasteiger charge is 2.18. The van der Waals surface area contributed by atoms with Crippen molar-refractivity contribution in [3.8, 4) is 0 Å². The average Bonchev–Trinajstić information content (AvgIpc) is 2.29. The Morgan fingerprint density at radius 2 is 1.87 bits per heavy atom. The summed E-state index contributed by atoms with van der Waals surface area (Å²) in [6.07, 6.45) is 0.658. The van der Waals surface area contributed by atoms with E-state index in [0.29, 0.717) is 11.8 Å². The van der Waals surface area contributed by atoms with E-state index in [1.165, 1.54) is 0 Å². The summed E-state index contributed by atoms with van der Waals surface area (Å²) in [5.41, 5.74) is 0.669. The maximum atomic E-state index is 10.7. The molecule has 0 unspecified atom stereocenters. The first-order valence-corrected chi connectivity index (χ1v) is 4.97. The van der Waals surface area contributed by atoms with E-state index in [4.69, 9.17) is 5.11 Å². The lowest BCUT2D eigenvalue weighted by molar-refractivity contribution is -0.139. The molecule has 0 radical (unpaired) electrons. The monoisotopic (exact) mass is 208 g/mol. The summed E-state index contributed by atoms with van der Waals surface area (Å²) in [7, 11) is 0. The van der Waals surface area contributed by atoms with Crippen molar-refractivity contribution in [3.63, 3.8) is 0 Å². The van der Waals surface area contributed by atoms with Crippen LogP contribution in [0.25, 0.3) is 0 Å². The smallest absolute Gasteiger partial charge is 0.311 e. The molecular formula is C12H16O3. The van der Waals surface area contributed by atoms with Gasteiger partial charge in [0, 0.05) is 6.42 Å². The first-order chi connectivity index (χ1) is 7.25. The molecule has 0 spiro atoms. The van der Waals surface area contributed by atoms with Crippen molar-refractivity contribution in [1.29, 1.82) is 0 Å². The molecule has 0 aromatic heterocycles. The van der Waals surface area contributed by atoms with Crippen molar-refractivity contribution in [2.45, 2.75) is 26.2 Å². The number of carbonyl (C=O) groups excluding carboxylic acids is 1. The van der Waals surface area contributed by atoms with Crippen LogP contribution in [0.4, 0.5) is 0 Å². The molecule has 3 nitrogen and oxygen atoms in total. The number of aliphatic carboxylic acids is 1. The highest BCUT2D eigenvalue weighted by atomic mass is 16.4. The first kappa shape index (κ1) is 13.4. The topological polar surface area (TPSA) is 54.4 Å². The Morgan fingerprint density at radius 1 is 1.33 bits per heavy atom. The summed E-state index contributed by atoms with van der Waals surface area (Å²) >= 11 is 0. The van der Waals surface area contributed by atoms with Crippen LogP contribution in [0, 0.1) is 0 Å². The van der Waals surface area contributed by atoms with Gasteiger partial charge in [0.25, 0.3) is 0 Å². The molecule has 82 valence electrons. The SMILES string of the molecule is CC.O=CC[C@@H](C(=O)O)c1ccccc1. The molecule has 1 N–H and O–H groups in total. The molecule has 0 heterocycles. The Bertz CT molecular complexity index is 293. The van der Waals surface area contributed by atoms with E-state index in [0.717, 1.165) is 0 Å². The number of rotatable bonds is 4. The third kappa shape index (κ3) is 4.40. The van der Waals surface area contributed by atoms with Gasteiger partial charge in [-0.2, -0.15) is 0 Å². The van der Waals surface area contributed by atoms with E-state index in [9.17, 15) is 9.59 Å². The highest BCUT2D eigenvalue weighted by Crippen LogP contribution is 2.17. The van der Waals surface area contributed by atoms with Crippen LogP contribution < -0.4 is 0 Å². The Labute approximate surface area is 89.7 Å². The molecule has 0 aliphatic rings. The van der Waals surface area contributed by atoms with Gasteiger partial charge in [-0.25, -0.2) is 0 Å². The standard InChI is InChI=1S/C10H10O3.C2H6/c11-7-6-9(10(12)13)8-4-2-1-3-5-8;1-2/h1-5,7,9H,6H2,(H,12,13);1-2H3/t9-;/m1./s1. The number of carboxylic acids is 1. The maximum Gasteiger partial charge on any atom is 0.311 e. The van der Waals surface area contributed by atoms with Crippen LogP contribution in [0.15, 0.2) is 30.3 Å². The quantitative estimate of drug-likeness (QED) is 0.773. The number of hydrogen-bond donors (Lipinski definition) is 1. The lowest BCUT2D eigenvalue weighted by atomic mass is 9.97. The normalized spacial score (nSPS) is 10.8. The van der Waals surface area contributed by atoms with Crippen LogP contribution in [-0.2, 0) is 9.59 Å². The second-order valence-electron chi connectivity index (χ2n) is 2.70. The van der Waals surface area contributed by atoms with Crippen molar-refractivity contribution in [1.82, 2.24) is 0 Å². The molecule has 15 heavy (non-hydrogen) atoms. The van der Waals surface area contributed by atoms with E-state index in [1.54, 1.807) is 24.3 Å². The minimum absolute atomic E-state index is 0.0271. The molecular weight excluding hydrogens is 192 g/mol. The molecule has 0 fully saturated rings. The van der Waals surface area contributed by atoms with Crippen LogP contribution >= 0.6 is 0 Å². The van der Waals surface area contributed by atoms with Gasteiger partial charge in [0.15, 0.2) is 0 Å². The van der Waals surface area contributed by atoms with Crippen LogP contribution in [0.3, 0.4) is 0 Å². The summed E-state index contributed by atoms with van der Waals surface area (Å²) in [6, 6.07) is 8.75. The zero-order chi connectivity index (χ0) is 11.7. The van der Waals surface area contributed by atoms with Crippen molar-refractivity contribution >= 4 is 12.3 Å². The van der Waals surface area contributed by atoms with E-state index in [-0.39, 0.29) is 6.42 Å². The Balaban J connectivity index is 0.000000921. The fourth-order valence-corrected chi connectivity index (χ4v) is 1.16. The van der Waals surface area contributed by atoms with Crippen LogP contribution in [0.2, 0.25) is 0 Å². The van der Waals surface area contributed by atoms with Gasteiger partial charge >= 0.3 is 5.97 Å². The number of carbonyl (C=O) groups is 2. The summed E-state index contributed by atoms with van der Waals surface area (Å²) in [5.74, 6) is -1.67. The largest absolute Gasteiger partial charge is 0.481 e. The molecule has 0 aliphatic carbocycles. The molecule has 0 aliphatic heterocycles. The zero-order valence-electron chi connectivity index (χ0n) is 9.01. The van der Waals surface area contributed by atoms with E-state index < -0.39 is 11.9 Å². The van der Waals surface area contributed by atoms with Gasteiger partial charge in [-0.05, 0) is 5.56 Å². The minimum atomic E-state index is -0.960. The van der Waals surface area contributed by atoms with Gasteiger partial charge in [0.1, 0.15) is 6.29 Å². The highest BCUT2D eigenvalue weighted by molar-refractivity contribution is 5.79. The van der Waals surface area contributed by atoms with Gasteiger partial charge in [-0.3, -0.25) is 4.79 Å². The number of benzene rings is 1. The predicted octanol–water partition coefficient (Wildman–Crippen LogP) is 2.47. The fraction of sp³-hybridized carbons (Fsp3) is 0.333. The number of carboxylic acid groups (broad SMARTS) is 1. The second kappa shape index (κ2) is 7.74. The Hall–Kier alpha value is -1.64. The zero-order valence-corrected chi connectivity index (χ0v) is 9.01. The molecule has 3 heteroatoms. The summed E-state index contributed by atoms with van der Waals surface area (Å²) in [5, 5.41) is 8.80. The van der Waals surface area contributed by atoms with Gasteiger partial charge < -0.3 is 9.90 Å². The maximum absolute atomic E-state index is 10.7. The van der Waals surface area contributed by atoms with Gasteiger partial charge in [-0.15, -0.1) is 0 Å². The second-order valence-corrected chi connectivity index (χ2v) is 2.70. The number of aldehydes is 1. The fourth-order valence-electron chi connectivity index (χ4n) is 1.16. The molecule has 1 aromatic rings. The third-order valence-electron chi connectivity index (χ3n) is 1.83. The van der Waals surface area contributed by atoms with Gasteiger partial charge in [-0.1, -0.05) is 44.2 Å². The van der Waals surface area contributed by atoms with E-state index in [1.807, 2.05) is 19.9 Å². The third-order valence-corrected chi connectivity index (χ3v) is 1.83. The van der Waals surface area contributed by atoms with E-state index in [2.05, 4.69) is 0 Å². The Morgan fingerprint density at radius 3 is 2.27 bits per heavy atom. The lowest BCUT2D eigenvalue weighted by Gasteiger charge is -2.07. The molecule has 0 saturated heterocycles. The van der Waals surface area contributed by atoms with Crippen LogP contribution in [0.5, 0.6) is 0 Å². The van der Waals surface area contributed by atoms with Crippen molar-refractivity contribution in [3.05, 3.63) is 35.9 Å². The minimum Gasteiger partial charge on any atom is -0.481 e. The average molecular weight is 208 g/mol. The summed E-state index contributed by atoms with van der Waals surface area (Å²) in [4.78, 5) is 21.0.